The molecule has 1 aromatic carbocycles. The fourth-order valence-electron chi connectivity index (χ4n) is 4.96. The second kappa shape index (κ2) is 7.92. The molecule has 4 aliphatic carbocycles. The number of carbonyl (C=O) groups is 2. The third-order valence-corrected chi connectivity index (χ3v) is 6.68. The number of amides is 2. The molecule has 0 unspecified atom stereocenters. The van der Waals surface area contributed by atoms with Crippen LogP contribution >= 0.6 is 11.6 Å². The minimum Gasteiger partial charge on any atom is -0.484 e. The summed E-state index contributed by atoms with van der Waals surface area (Å²) in [6, 6.07) is 4.02. The molecule has 2 aromatic rings. The van der Waals surface area contributed by atoms with Gasteiger partial charge < -0.3 is 19.8 Å². The molecule has 7 nitrogen and oxygen atoms in total. The summed E-state index contributed by atoms with van der Waals surface area (Å²) in [6.07, 6.45) is 9.76. The number of hydrogen-bond acceptors (Lipinski definition) is 5. The Morgan fingerprint density at radius 1 is 1.19 bits per heavy atom. The number of oxazole rings is 1. The summed E-state index contributed by atoms with van der Waals surface area (Å²) < 4.78 is 24.5. The second-order valence-electron chi connectivity index (χ2n) is 8.96. The molecule has 0 atom stereocenters. The molecule has 0 aliphatic heterocycles. The predicted molar refractivity (Wildman–Crippen MR) is 115 cm³/mol. The van der Waals surface area contributed by atoms with E-state index in [-0.39, 0.29) is 46.0 Å². The Bertz CT molecular complexity index is 1090. The van der Waals surface area contributed by atoms with Gasteiger partial charge in [0.1, 0.15) is 11.6 Å². The quantitative estimate of drug-likeness (QED) is 0.652. The number of allylic oxidation sites excluding steroid dienone is 2. The summed E-state index contributed by atoms with van der Waals surface area (Å²) in [6.45, 7) is -0.223. The largest absolute Gasteiger partial charge is 0.484 e. The lowest BCUT2D eigenvalue weighted by Crippen LogP contribution is -2.84. The fourth-order valence-corrected chi connectivity index (χ4v) is 5.08. The number of nitrogens with zero attached hydrogens (tertiary/aromatic N) is 1. The smallest absolute Gasteiger partial charge is 0.289 e. The number of halogens is 2. The molecule has 2 bridgehead atoms. The topological polar surface area (TPSA) is 93.5 Å². The molecular weight excluding hydrogens is 437 g/mol. The average Bonchev–Trinajstić information content (AvgIpc) is 3.23. The second-order valence-corrected chi connectivity index (χ2v) is 9.37. The van der Waals surface area contributed by atoms with Crippen molar-refractivity contribution in [2.75, 3.05) is 6.61 Å². The highest BCUT2D eigenvalue weighted by Gasteiger charge is 2.69. The molecule has 1 heterocycles. The first kappa shape index (κ1) is 21.0. The van der Waals surface area contributed by atoms with Crippen molar-refractivity contribution >= 4 is 29.0 Å². The first-order chi connectivity index (χ1) is 15.4. The monoisotopic (exact) mass is 459 g/mol. The number of ether oxygens (including phenoxy) is 1. The molecule has 4 aliphatic rings. The summed E-state index contributed by atoms with van der Waals surface area (Å²) in [5.74, 6) is -0.210. The number of aromatic nitrogens is 1. The minimum absolute atomic E-state index is 0.00404. The van der Waals surface area contributed by atoms with E-state index in [9.17, 15) is 14.0 Å². The van der Waals surface area contributed by atoms with Crippen molar-refractivity contribution in [1.82, 2.24) is 15.6 Å². The summed E-state index contributed by atoms with van der Waals surface area (Å²) in [5.41, 5.74) is 0.422. The number of carbonyl (C=O) groups excluding carboxylic acids is 2. The van der Waals surface area contributed by atoms with E-state index in [1.54, 1.807) is 0 Å². The van der Waals surface area contributed by atoms with Gasteiger partial charge in [0.25, 0.3) is 11.8 Å². The van der Waals surface area contributed by atoms with Crippen LogP contribution in [-0.2, 0) is 4.79 Å². The van der Waals surface area contributed by atoms with Gasteiger partial charge in [-0.3, -0.25) is 9.59 Å². The average molecular weight is 460 g/mol. The van der Waals surface area contributed by atoms with E-state index >= 15 is 0 Å². The number of benzene rings is 1. The number of rotatable bonds is 7. The lowest BCUT2D eigenvalue weighted by molar-refractivity contribution is -0.141. The van der Waals surface area contributed by atoms with E-state index in [4.69, 9.17) is 20.8 Å². The number of nitrogens with one attached hydrogen (secondary N) is 2. The van der Waals surface area contributed by atoms with Crippen molar-refractivity contribution in [2.24, 2.45) is 0 Å². The molecule has 2 N–H and O–H groups in total. The van der Waals surface area contributed by atoms with Crippen LogP contribution in [0.4, 0.5) is 4.39 Å². The Morgan fingerprint density at radius 2 is 1.97 bits per heavy atom. The Hall–Kier alpha value is -2.87. The maximum atomic E-state index is 13.4. The fraction of sp³-hybridized carbons (Fsp3) is 0.435. The molecule has 0 saturated heterocycles. The first-order valence-corrected chi connectivity index (χ1v) is 11.1. The Balaban J connectivity index is 1.09. The summed E-state index contributed by atoms with van der Waals surface area (Å²) >= 11 is 5.64. The van der Waals surface area contributed by atoms with Crippen LogP contribution in [0.3, 0.4) is 0 Å². The molecule has 168 valence electrons. The number of hydrogen-bond donors (Lipinski definition) is 2. The molecule has 1 aromatic heterocycles. The highest BCUT2D eigenvalue weighted by molar-refractivity contribution is 6.30. The third kappa shape index (κ3) is 3.99. The van der Waals surface area contributed by atoms with Crippen molar-refractivity contribution in [2.45, 2.75) is 56.0 Å². The van der Waals surface area contributed by atoms with Crippen LogP contribution in [-0.4, -0.2) is 34.5 Å². The van der Waals surface area contributed by atoms with Crippen molar-refractivity contribution < 1.29 is 23.1 Å². The Morgan fingerprint density at radius 3 is 2.69 bits per heavy atom. The van der Waals surface area contributed by atoms with Gasteiger partial charge in [-0.25, -0.2) is 9.37 Å². The molecule has 3 fully saturated rings. The van der Waals surface area contributed by atoms with E-state index in [0.717, 1.165) is 30.9 Å². The van der Waals surface area contributed by atoms with Gasteiger partial charge in [0.2, 0.25) is 11.7 Å². The molecule has 9 heteroatoms. The van der Waals surface area contributed by atoms with Gasteiger partial charge in [-0.2, -0.15) is 0 Å². The van der Waals surface area contributed by atoms with Crippen LogP contribution in [0.2, 0.25) is 5.02 Å². The van der Waals surface area contributed by atoms with Crippen molar-refractivity contribution in [3.05, 3.63) is 53.0 Å². The molecule has 32 heavy (non-hydrogen) atoms. The van der Waals surface area contributed by atoms with Crippen LogP contribution in [0.1, 0.15) is 61.4 Å². The molecule has 0 radical (unpaired) electrons. The molecule has 6 rings (SSSR count). The Kier molecular flexibility index (Phi) is 5.20. The lowest BCUT2D eigenvalue weighted by atomic mass is 9.44. The van der Waals surface area contributed by atoms with E-state index in [1.807, 2.05) is 0 Å². The summed E-state index contributed by atoms with van der Waals surface area (Å²) in [4.78, 5) is 29.1. The molecule has 0 spiro atoms. The molecular formula is C23H23ClFN3O4. The van der Waals surface area contributed by atoms with Gasteiger partial charge in [0.15, 0.2) is 6.61 Å². The van der Waals surface area contributed by atoms with Gasteiger partial charge in [0.05, 0.1) is 11.2 Å². The normalized spacial score (nSPS) is 25.8. The van der Waals surface area contributed by atoms with Crippen molar-refractivity contribution in [1.29, 1.82) is 0 Å². The van der Waals surface area contributed by atoms with E-state index in [1.165, 1.54) is 24.8 Å². The Labute approximate surface area is 189 Å². The van der Waals surface area contributed by atoms with E-state index in [2.05, 4.69) is 21.7 Å². The maximum Gasteiger partial charge on any atom is 0.289 e. The van der Waals surface area contributed by atoms with Gasteiger partial charge in [-0.15, -0.1) is 0 Å². The highest BCUT2D eigenvalue weighted by Crippen LogP contribution is 2.60. The minimum atomic E-state index is -0.601. The standard InChI is InChI=1S/C23H23ClFN3O4/c24-16-7-6-15(8-17(16)25)31-10-19(29)27-22-11-23(12-22,13-22)28-20(30)18-9-26-21(32-18)14-4-2-1-3-5-14/h4,6-9H,1-3,5,10-13H2,(H,27,29)(H,28,30). The summed E-state index contributed by atoms with van der Waals surface area (Å²) in [7, 11) is 0. The van der Waals surface area contributed by atoms with Crippen LogP contribution < -0.4 is 15.4 Å². The zero-order valence-corrected chi connectivity index (χ0v) is 18.1. The van der Waals surface area contributed by atoms with Crippen LogP contribution in [0.5, 0.6) is 5.75 Å². The van der Waals surface area contributed by atoms with Crippen molar-refractivity contribution in [3.8, 4) is 5.75 Å². The third-order valence-electron chi connectivity index (χ3n) is 6.37. The van der Waals surface area contributed by atoms with E-state index in [0.29, 0.717) is 25.2 Å². The summed E-state index contributed by atoms with van der Waals surface area (Å²) in [5, 5.41) is 5.99. The van der Waals surface area contributed by atoms with Crippen molar-refractivity contribution in [3.63, 3.8) is 0 Å². The van der Waals surface area contributed by atoms with Gasteiger partial charge >= 0.3 is 0 Å². The van der Waals surface area contributed by atoms with Crippen LogP contribution in [0, 0.1) is 5.82 Å². The predicted octanol–water partition coefficient (Wildman–Crippen LogP) is 4.02. The van der Waals surface area contributed by atoms with Gasteiger partial charge in [0, 0.05) is 22.7 Å². The highest BCUT2D eigenvalue weighted by atomic mass is 35.5. The zero-order valence-electron chi connectivity index (χ0n) is 17.4. The first-order valence-electron chi connectivity index (χ1n) is 10.7. The maximum absolute atomic E-state index is 13.4. The van der Waals surface area contributed by atoms with Crippen LogP contribution in [0.25, 0.3) is 5.57 Å². The zero-order chi connectivity index (χ0) is 22.3. The lowest BCUT2D eigenvalue weighted by Gasteiger charge is -2.70. The SMILES string of the molecule is O=C(COc1ccc(Cl)c(F)c1)NC12CC(NC(=O)c3cnc(C4=CCCCC4)o3)(C1)C2. The van der Waals surface area contributed by atoms with E-state index < -0.39 is 5.82 Å². The van der Waals surface area contributed by atoms with Crippen LogP contribution in [0.15, 0.2) is 34.9 Å². The molecule has 3 saturated carbocycles. The van der Waals surface area contributed by atoms with Gasteiger partial charge in [-0.05, 0) is 57.1 Å². The van der Waals surface area contributed by atoms with Gasteiger partial charge in [-0.1, -0.05) is 17.7 Å². The molecule has 2 amide bonds.